The van der Waals surface area contributed by atoms with Gasteiger partial charge in [-0.15, -0.1) is 17.0 Å². The molecule has 0 rings (SSSR count). The lowest BCUT2D eigenvalue weighted by Crippen LogP contribution is -2.11. The summed E-state index contributed by atoms with van der Waals surface area (Å²) in [5, 5.41) is 0.0962. The lowest BCUT2D eigenvalue weighted by Gasteiger charge is -2.04. The Morgan fingerprint density at radius 1 is 1.50 bits per heavy atom. The van der Waals surface area contributed by atoms with E-state index in [2.05, 4.69) is 15.9 Å². The maximum absolute atomic E-state index is 5.08. The predicted octanol–water partition coefficient (Wildman–Crippen LogP) is 1.25. The molecule has 0 heterocycles. The summed E-state index contributed by atoms with van der Waals surface area (Å²) in [6, 6.07) is 0. The maximum atomic E-state index is 5.08. The number of alkyl halides is 1. The first-order chi connectivity index (χ1) is 4.27. The number of nitrogens with two attached hydrogens (primary N) is 1. The summed E-state index contributed by atoms with van der Waals surface area (Å²) >= 11 is 3.22. The average molecular weight is 279 g/mol. The summed E-state index contributed by atoms with van der Waals surface area (Å²) in [6.45, 7) is 3.32. The largest absolute Gasteiger partial charge is 0.365 e. The molecule has 0 spiro atoms. The predicted molar refractivity (Wildman–Crippen MR) is 49.7 cm³/mol. The Balaban J connectivity index is 0. The van der Waals surface area contributed by atoms with Crippen LogP contribution >= 0.6 is 32.9 Å². The lowest BCUT2D eigenvalue weighted by atomic mass is 10.7. The summed E-state index contributed by atoms with van der Waals surface area (Å²) in [4.78, 5) is 0. The van der Waals surface area contributed by atoms with Gasteiger partial charge in [-0.05, 0) is 6.92 Å². The van der Waals surface area contributed by atoms with Crippen LogP contribution in [-0.4, -0.2) is 25.0 Å². The molecule has 2 N–H and O–H groups in total. The fraction of sp³-hybridized carbons (Fsp3) is 1.00. The fourth-order valence-electron chi connectivity index (χ4n) is 0.353. The molecule has 0 aromatic heterocycles. The molecule has 1 unspecified atom stereocenters. The molecule has 0 aromatic carbocycles. The molecule has 0 amide bonds. The summed E-state index contributed by atoms with van der Waals surface area (Å²) < 4.78 is 9.90. The van der Waals surface area contributed by atoms with Crippen LogP contribution in [0.4, 0.5) is 0 Å². The first-order valence-corrected chi connectivity index (χ1v) is 3.72. The van der Waals surface area contributed by atoms with Crippen molar-refractivity contribution in [2.45, 2.75) is 11.9 Å². The third-order valence-electron chi connectivity index (χ3n) is 0.693. The van der Waals surface area contributed by atoms with E-state index in [4.69, 9.17) is 15.2 Å². The Hall–Kier alpha value is 0.840. The van der Waals surface area contributed by atoms with Crippen molar-refractivity contribution in [1.29, 1.82) is 0 Å². The highest BCUT2D eigenvalue weighted by Gasteiger charge is 1.92. The Morgan fingerprint density at radius 3 is 2.50 bits per heavy atom. The SMILES string of the molecule is Br.CC(Br)OCCOCN. The molecule has 64 valence electrons. The van der Waals surface area contributed by atoms with E-state index >= 15 is 0 Å². The highest BCUT2D eigenvalue weighted by atomic mass is 79.9. The van der Waals surface area contributed by atoms with E-state index in [1.807, 2.05) is 6.92 Å². The zero-order chi connectivity index (χ0) is 7.11. The van der Waals surface area contributed by atoms with Crippen LogP contribution in [0.3, 0.4) is 0 Å². The zero-order valence-corrected chi connectivity index (χ0v) is 9.18. The van der Waals surface area contributed by atoms with Gasteiger partial charge in [-0.1, -0.05) is 15.9 Å². The van der Waals surface area contributed by atoms with Crippen molar-refractivity contribution in [3.05, 3.63) is 0 Å². The zero-order valence-electron chi connectivity index (χ0n) is 5.88. The number of hydrogen-bond donors (Lipinski definition) is 1. The highest BCUT2D eigenvalue weighted by molar-refractivity contribution is 9.09. The maximum Gasteiger partial charge on any atom is 0.109 e. The number of halogens is 2. The quantitative estimate of drug-likeness (QED) is 0.468. The monoisotopic (exact) mass is 277 g/mol. The Bertz CT molecular complexity index is 63.6. The van der Waals surface area contributed by atoms with E-state index in [0.29, 0.717) is 13.2 Å². The molecule has 0 aliphatic rings. The van der Waals surface area contributed by atoms with Gasteiger partial charge in [0.25, 0.3) is 0 Å². The van der Waals surface area contributed by atoms with Crippen LogP contribution in [0.5, 0.6) is 0 Å². The summed E-state index contributed by atoms with van der Waals surface area (Å²) in [5.74, 6) is 0. The van der Waals surface area contributed by atoms with E-state index in [-0.39, 0.29) is 28.7 Å². The van der Waals surface area contributed by atoms with Crippen molar-refractivity contribution >= 4 is 32.9 Å². The molecule has 0 fully saturated rings. The van der Waals surface area contributed by atoms with Crippen LogP contribution in [0.15, 0.2) is 0 Å². The van der Waals surface area contributed by atoms with Gasteiger partial charge in [-0.3, -0.25) is 0 Å². The molecular weight excluding hydrogens is 266 g/mol. The van der Waals surface area contributed by atoms with E-state index in [1.54, 1.807) is 0 Å². The molecule has 0 saturated carbocycles. The van der Waals surface area contributed by atoms with Gasteiger partial charge < -0.3 is 15.2 Å². The highest BCUT2D eigenvalue weighted by Crippen LogP contribution is 1.97. The fourth-order valence-corrected chi connectivity index (χ4v) is 0.540. The second kappa shape index (κ2) is 9.84. The van der Waals surface area contributed by atoms with Crippen LogP contribution in [0, 0.1) is 0 Å². The topological polar surface area (TPSA) is 44.5 Å². The van der Waals surface area contributed by atoms with Gasteiger partial charge in [-0.2, -0.15) is 0 Å². The molecule has 0 aliphatic carbocycles. The molecule has 0 saturated heterocycles. The minimum atomic E-state index is 0. The molecular formula is C5H13Br2NO2. The molecule has 1 atom stereocenters. The molecule has 3 nitrogen and oxygen atoms in total. The Kier molecular flexibility index (Phi) is 13.2. The minimum absolute atomic E-state index is 0. The smallest absolute Gasteiger partial charge is 0.109 e. The summed E-state index contributed by atoms with van der Waals surface area (Å²) in [7, 11) is 0. The van der Waals surface area contributed by atoms with E-state index in [0.717, 1.165) is 0 Å². The van der Waals surface area contributed by atoms with Crippen molar-refractivity contribution in [2.75, 3.05) is 19.9 Å². The second-order valence-electron chi connectivity index (χ2n) is 1.49. The molecule has 10 heavy (non-hydrogen) atoms. The minimum Gasteiger partial charge on any atom is -0.365 e. The average Bonchev–Trinajstić information content (AvgIpc) is 1.80. The summed E-state index contributed by atoms with van der Waals surface area (Å²) in [6.07, 6.45) is 0. The number of hydrogen-bond acceptors (Lipinski definition) is 3. The molecule has 0 radical (unpaired) electrons. The van der Waals surface area contributed by atoms with Gasteiger partial charge in [0.15, 0.2) is 0 Å². The Labute approximate surface area is 80.1 Å². The third kappa shape index (κ3) is 11.6. The van der Waals surface area contributed by atoms with Gasteiger partial charge in [0.05, 0.1) is 19.9 Å². The third-order valence-corrected chi connectivity index (χ3v) is 0.957. The van der Waals surface area contributed by atoms with E-state index in [9.17, 15) is 0 Å². The van der Waals surface area contributed by atoms with E-state index in [1.165, 1.54) is 0 Å². The van der Waals surface area contributed by atoms with Gasteiger partial charge >= 0.3 is 0 Å². The van der Waals surface area contributed by atoms with Gasteiger partial charge in [0.1, 0.15) is 5.01 Å². The van der Waals surface area contributed by atoms with Crippen molar-refractivity contribution in [3.63, 3.8) is 0 Å². The van der Waals surface area contributed by atoms with Crippen molar-refractivity contribution in [1.82, 2.24) is 0 Å². The Morgan fingerprint density at radius 2 is 2.10 bits per heavy atom. The van der Waals surface area contributed by atoms with Crippen LogP contribution in [0.25, 0.3) is 0 Å². The van der Waals surface area contributed by atoms with Crippen LogP contribution in [0.2, 0.25) is 0 Å². The standard InChI is InChI=1S/C5H12BrNO2.BrH/c1-5(6)9-3-2-8-4-7;/h5H,2-4,7H2,1H3;1H. The second-order valence-corrected chi connectivity index (χ2v) is 2.78. The van der Waals surface area contributed by atoms with Crippen molar-refractivity contribution < 1.29 is 9.47 Å². The van der Waals surface area contributed by atoms with Gasteiger partial charge in [0, 0.05) is 0 Å². The molecule has 0 bridgehead atoms. The molecule has 0 aliphatic heterocycles. The lowest BCUT2D eigenvalue weighted by molar-refractivity contribution is 0.0469. The van der Waals surface area contributed by atoms with Crippen molar-refractivity contribution in [3.8, 4) is 0 Å². The number of rotatable bonds is 5. The van der Waals surface area contributed by atoms with Crippen LogP contribution in [-0.2, 0) is 9.47 Å². The van der Waals surface area contributed by atoms with Crippen LogP contribution < -0.4 is 5.73 Å². The van der Waals surface area contributed by atoms with E-state index < -0.39 is 0 Å². The van der Waals surface area contributed by atoms with Crippen LogP contribution in [0.1, 0.15) is 6.92 Å². The normalized spacial score (nSPS) is 12.3. The molecule has 0 aromatic rings. The van der Waals surface area contributed by atoms with Crippen molar-refractivity contribution in [2.24, 2.45) is 5.73 Å². The number of ether oxygens (including phenoxy) is 2. The first-order valence-electron chi connectivity index (χ1n) is 2.81. The molecule has 5 heteroatoms. The van der Waals surface area contributed by atoms with Gasteiger partial charge in [-0.25, -0.2) is 0 Å². The first kappa shape index (κ1) is 13.4. The van der Waals surface area contributed by atoms with Gasteiger partial charge in [0.2, 0.25) is 0 Å². The summed E-state index contributed by atoms with van der Waals surface area (Å²) in [5.41, 5.74) is 5.06.